The van der Waals surface area contributed by atoms with Crippen LogP contribution in [0.4, 0.5) is 0 Å². The normalized spacial score (nSPS) is 21.5. The molecule has 2 heterocycles. The molecule has 1 atom stereocenters. The van der Waals surface area contributed by atoms with Crippen molar-refractivity contribution >= 4 is 11.7 Å². The van der Waals surface area contributed by atoms with Gasteiger partial charge in [-0.15, -0.1) is 0 Å². The highest BCUT2D eigenvalue weighted by Crippen LogP contribution is 2.10. The van der Waals surface area contributed by atoms with Crippen LogP contribution in [0.2, 0.25) is 0 Å². The van der Waals surface area contributed by atoms with Crippen LogP contribution in [0.1, 0.15) is 18.9 Å². The molecular formula is C9H10N2O2. The SMILES string of the molecule is CCC1N=C(c2ccoc2)NC1=O. The van der Waals surface area contributed by atoms with E-state index in [4.69, 9.17) is 4.42 Å². The minimum atomic E-state index is -0.232. The fourth-order valence-corrected chi connectivity index (χ4v) is 1.27. The Hall–Kier alpha value is -1.58. The molecule has 4 nitrogen and oxygen atoms in total. The van der Waals surface area contributed by atoms with Gasteiger partial charge in [0.1, 0.15) is 18.1 Å². The summed E-state index contributed by atoms with van der Waals surface area (Å²) in [5.41, 5.74) is 0.823. The van der Waals surface area contributed by atoms with E-state index in [0.29, 0.717) is 5.84 Å². The molecule has 4 heteroatoms. The topological polar surface area (TPSA) is 54.6 Å². The van der Waals surface area contributed by atoms with Crippen molar-refractivity contribution in [1.29, 1.82) is 0 Å². The molecule has 0 radical (unpaired) electrons. The molecule has 0 aromatic carbocycles. The summed E-state index contributed by atoms with van der Waals surface area (Å²) in [5, 5.41) is 2.71. The highest BCUT2D eigenvalue weighted by molar-refractivity contribution is 6.13. The van der Waals surface area contributed by atoms with Crippen molar-refractivity contribution in [2.75, 3.05) is 0 Å². The van der Waals surface area contributed by atoms with E-state index in [1.165, 1.54) is 0 Å². The summed E-state index contributed by atoms with van der Waals surface area (Å²) in [6, 6.07) is 1.54. The van der Waals surface area contributed by atoms with Crippen LogP contribution in [-0.2, 0) is 4.79 Å². The summed E-state index contributed by atoms with van der Waals surface area (Å²) in [6.07, 6.45) is 3.85. The predicted octanol–water partition coefficient (Wildman–Crippen LogP) is 0.935. The van der Waals surface area contributed by atoms with Gasteiger partial charge < -0.3 is 9.73 Å². The molecule has 0 bridgehead atoms. The number of hydrogen-bond donors (Lipinski definition) is 1. The van der Waals surface area contributed by atoms with E-state index in [-0.39, 0.29) is 11.9 Å². The molecule has 1 amide bonds. The van der Waals surface area contributed by atoms with Crippen LogP contribution in [0, 0.1) is 0 Å². The van der Waals surface area contributed by atoms with Gasteiger partial charge in [0.15, 0.2) is 0 Å². The Bertz CT molecular complexity index is 341. The van der Waals surface area contributed by atoms with Crippen LogP contribution in [0.5, 0.6) is 0 Å². The van der Waals surface area contributed by atoms with Gasteiger partial charge in [-0.05, 0) is 12.5 Å². The smallest absolute Gasteiger partial charge is 0.250 e. The zero-order chi connectivity index (χ0) is 9.26. The van der Waals surface area contributed by atoms with Gasteiger partial charge in [0, 0.05) is 0 Å². The molecule has 2 rings (SSSR count). The third kappa shape index (κ3) is 1.35. The molecule has 68 valence electrons. The number of hydrogen-bond acceptors (Lipinski definition) is 3. The number of carbonyl (C=O) groups is 1. The second kappa shape index (κ2) is 3.05. The summed E-state index contributed by atoms with van der Waals surface area (Å²) < 4.78 is 4.90. The van der Waals surface area contributed by atoms with E-state index in [1.807, 2.05) is 6.92 Å². The van der Waals surface area contributed by atoms with Crippen LogP contribution < -0.4 is 5.32 Å². The first-order valence-electron chi connectivity index (χ1n) is 4.22. The minimum absolute atomic E-state index is 0.0290. The lowest BCUT2D eigenvalue weighted by atomic mass is 10.2. The Labute approximate surface area is 75.7 Å². The molecule has 0 saturated carbocycles. The average molecular weight is 178 g/mol. The van der Waals surface area contributed by atoms with E-state index in [2.05, 4.69) is 10.3 Å². The van der Waals surface area contributed by atoms with Crippen LogP contribution in [0.3, 0.4) is 0 Å². The number of furan rings is 1. The van der Waals surface area contributed by atoms with Gasteiger partial charge in [-0.2, -0.15) is 0 Å². The first-order valence-corrected chi connectivity index (χ1v) is 4.22. The first-order chi connectivity index (χ1) is 6.31. The molecule has 13 heavy (non-hydrogen) atoms. The van der Waals surface area contributed by atoms with Gasteiger partial charge >= 0.3 is 0 Å². The predicted molar refractivity (Wildman–Crippen MR) is 47.5 cm³/mol. The molecule has 0 fully saturated rings. The summed E-state index contributed by atoms with van der Waals surface area (Å²) in [6.45, 7) is 1.94. The Kier molecular flexibility index (Phi) is 1.88. The van der Waals surface area contributed by atoms with E-state index in [9.17, 15) is 4.79 Å². The van der Waals surface area contributed by atoms with Crippen molar-refractivity contribution in [3.8, 4) is 0 Å². The van der Waals surface area contributed by atoms with Crippen LogP contribution in [-0.4, -0.2) is 17.8 Å². The molecule has 1 N–H and O–H groups in total. The number of nitrogens with zero attached hydrogens (tertiary/aromatic N) is 1. The van der Waals surface area contributed by atoms with Crippen molar-refractivity contribution < 1.29 is 9.21 Å². The molecule has 0 spiro atoms. The molecular weight excluding hydrogens is 168 g/mol. The second-order valence-corrected chi connectivity index (χ2v) is 2.90. The molecule has 1 aromatic rings. The maximum atomic E-state index is 11.3. The van der Waals surface area contributed by atoms with Gasteiger partial charge in [-0.1, -0.05) is 6.92 Å². The van der Waals surface area contributed by atoms with Crippen molar-refractivity contribution in [1.82, 2.24) is 5.32 Å². The van der Waals surface area contributed by atoms with Crippen molar-refractivity contribution in [2.24, 2.45) is 4.99 Å². The summed E-state index contributed by atoms with van der Waals surface area (Å²) >= 11 is 0. The Morgan fingerprint density at radius 1 is 1.69 bits per heavy atom. The Balaban J connectivity index is 2.24. The minimum Gasteiger partial charge on any atom is -0.472 e. The average Bonchev–Trinajstić information content (AvgIpc) is 2.71. The number of aliphatic imine (C=N–C) groups is 1. The standard InChI is InChI=1S/C9H10N2O2/c1-2-7-9(12)11-8(10-7)6-3-4-13-5-6/h3-5,7H,2H2,1H3,(H,10,11,12). The highest BCUT2D eigenvalue weighted by atomic mass is 16.3. The van der Waals surface area contributed by atoms with Gasteiger partial charge in [0.25, 0.3) is 0 Å². The summed E-state index contributed by atoms with van der Waals surface area (Å²) in [5.74, 6) is 0.587. The number of nitrogens with one attached hydrogen (secondary N) is 1. The fraction of sp³-hybridized carbons (Fsp3) is 0.333. The number of carbonyl (C=O) groups excluding carboxylic acids is 1. The molecule has 0 saturated heterocycles. The summed E-state index contributed by atoms with van der Waals surface area (Å²) in [4.78, 5) is 15.5. The maximum Gasteiger partial charge on any atom is 0.250 e. The van der Waals surface area contributed by atoms with Crippen molar-refractivity contribution in [3.63, 3.8) is 0 Å². The van der Waals surface area contributed by atoms with Crippen LogP contribution in [0.25, 0.3) is 0 Å². The first kappa shape index (κ1) is 8.04. The lowest BCUT2D eigenvalue weighted by Gasteiger charge is -1.96. The van der Waals surface area contributed by atoms with Crippen molar-refractivity contribution in [2.45, 2.75) is 19.4 Å². The van der Waals surface area contributed by atoms with Crippen molar-refractivity contribution in [3.05, 3.63) is 24.2 Å². The van der Waals surface area contributed by atoms with Gasteiger partial charge in [0.05, 0.1) is 11.8 Å². The molecule has 1 aliphatic heterocycles. The van der Waals surface area contributed by atoms with Gasteiger partial charge in [0.2, 0.25) is 5.91 Å². The van der Waals surface area contributed by atoms with E-state index >= 15 is 0 Å². The molecule has 1 unspecified atom stereocenters. The zero-order valence-electron chi connectivity index (χ0n) is 7.28. The molecule has 1 aliphatic rings. The quantitative estimate of drug-likeness (QED) is 0.732. The number of amides is 1. The lowest BCUT2D eigenvalue weighted by Crippen LogP contribution is -2.28. The van der Waals surface area contributed by atoms with Crippen LogP contribution >= 0.6 is 0 Å². The fourth-order valence-electron chi connectivity index (χ4n) is 1.27. The number of amidine groups is 1. The number of rotatable bonds is 2. The largest absolute Gasteiger partial charge is 0.472 e. The third-order valence-electron chi connectivity index (χ3n) is 2.01. The van der Waals surface area contributed by atoms with Gasteiger partial charge in [-0.25, -0.2) is 0 Å². The lowest BCUT2D eigenvalue weighted by molar-refractivity contribution is -0.120. The second-order valence-electron chi connectivity index (χ2n) is 2.90. The monoisotopic (exact) mass is 178 g/mol. The molecule has 0 aliphatic carbocycles. The Morgan fingerprint density at radius 2 is 2.54 bits per heavy atom. The van der Waals surface area contributed by atoms with E-state index in [1.54, 1.807) is 18.6 Å². The maximum absolute atomic E-state index is 11.3. The Morgan fingerprint density at radius 3 is 3.08 bits per heavy atom. The molecule has 1 aromatic heterocycles. The van der Waals surface area contributed by atoms with E-state index < -0.39 is 0 Å². The van der Waals surface area contributed by atoms with Crippen LogP contribution in [0.15, 0.2) is 28.0 Å². The summed E-state index contributed by atoms with van der Waals surface area (Å²) in [7, 11) is 0. The zero-order valence-corrected chi connectivity index (χ0v) is 7.28. The highest BCUT2D eigenvalue weighted by Gasteiger charge is 2.25. The van der Waals surface area contributed by atoms with E-state index in [0.717, 1.165) is 12.0 Å². The van der Waals surface area contributed by atoms with Gasteiger partial charge in [-0.3, -0.25) is 9.79 Å². The third-order valence-corrected chi connectivity index (χ3v) is 2.01.